The van der Waals surface area contributed by atoms with Gasteiger partial charge in [0.05, 0.1) is 0 Å². The molecule has 0 aliphatic rings. The number of nitrogens with zero attached hydrogens (tertiary/aromatic N) is 1. The van der Waals surface area contributed by atoms with Crippen molar-refractivity contribution in [3.63, 3.8) is 0 Å². The third-order valence-corrected chi connectivity index (χ3v) is 3.15. The van der Waals surface area contributed by atoms with E-state index >= 15 is 0 Å². The Bertz CT molecular complexity index is 555. The van der Waals surface area contributed by atoms with Gasteiger partial charge in [-0.15, -0.1) is 0 Å². The summed E-state index contributed by atoms with van der Waals surface area (Å²) in [6.45, 7) is 0. The van der Waals surface area contributed by atoms with Crippen molar-refractivity contribution in [1.82, 2.24) is 4.98 Å². The molecule has 0 spiro atoms. The monoisotopic (exact) mass is 313 g/mol. The maximum absolute atomic E-state index is 9.58. The third kappa shape index (κ3) is 6.35. The second-order valence-corrected chi connectivity index (χ2v) is 4.91. The summed E-state index contributed by atoms with van der Waals surface area (Å²) in [5.74, 6) is 1.18. The normalized spacial score (nSPS) is 9.55. The summed E-state index contributed by atoms with van der Waals surface area (Å²) in [4.78, 5) is 13.4. The second kappa shape index (κ2) is 9.50. The van der Waals surface area contributed by atoms with E-state index < -0.39 is 8.60 Å². The lowest BCUT2D eigenvalue weighted by Crippen LogP contribution is -1.93. The van der Waals surface area contributed by atoms with E-state index in [1.54, 1.807) is 36.7 Å². The lowest BCUT2D eigenvalue weighted by molar-refractivity contribution is 0.382. The van der Waals surface area contributed by atoms with Crippen LogP contribution in [0.3, 0.4) is 0 Å². The Balaban J connectivity index is 0.000000246. The van der Waals surface area contributed by atoms with E-state index in [0.717, 1.165) is 0 Å². The minimum Gasteiger partial charge on any atom is -0.418 e. The van der Waals surface area contributed by atoms with Gasteiger partial charge < -0.3 is 13.9 Å². The molecule has 0 radical (unpaired) electrons. The Morgan fingerprint density at radius 1 is 0.636 bits per heavy atom. The van der Waals surface area contributed by atoms with Gasteiger partial charge in [0.1, 0.15) is 11.5 Å². The van der Waals surface area contributed by atoms with Crippen LogP contribution in [0.2, 0.25) is 0 Å². The lowest BCUT2D eigenvalue weighted by atomic mass is 10.3. The first kappa shape index (κ1) is 16.0. The molecule has 1 aromatic heterocycles. The average molecular weight is 313 g/mol. The standard InChI is InChI=1S/C12H11O3P.C5H5N/c13-16(14-11-7-3-1-4-8-11)15-12-9-5-2-6-10-12;1-2-4-6-5-3-1/h1-10,13H;1-5H. The number of para-hydroxylation sites is 2. The van der Waals surface area contributed by atoms with E-state index in [1.807, 2.05) is 54.6 Å². The van der Waals surface area contributed by atoms with Crippen molar-refractivity contribution in [2.45, 2.75) is 0 Å². The molecular weight excluding hydrogens is 297 g/mol. The number of aromatic nitrogens is 1. The molecule has 0 aliphatic carbocycles. The molecule has 3 aromatic rings. The fraction of sp³-hybridized carbons (Fsp3) is 0. The summed E-state index contributed by atoms with van der Waals surface area (Å²) in [6, 6.07) is 23.9. The van der Waals surface area contributed by atoms with Crippen LogP contribution in [0.1, 0.15) is 0 Å². The van der Waals surface area contributed by atoms with Crippen molar-refractivity contribution in [2.24, 2.45) is 0 Å². The molecule has 3 rings (SSSR count). The predicted octanol–water partition coefficient (Wildman–Crippen LogP) is 4.45. The quantitative estimate of drug-likeness (QED) is 0.723. The van der Waals surface area contributed by atoms with Crippen LogP contribution in [0.5, 0.6) is 11.5 Å². The van der Waals surface area contributed by atoms with Crippen LogP contribution in [0, 0.1) is 0 Å². The molecule has 0 aliphatic heterocycles. The second-order valence-electron chi connectivity index (χ2n) is 4.07. The summed E-state index contributed by atoms with van der Waals surface area (Å²) >= 11 is 0. The van der Waals surface area contributed by atoms with Gasteiger partial charge in [-0.1, -0.05) is 42.5 Å². The van der Waals surface area contributed by atoms with Crippen molar-refractivity contribution in [3.8, 4) is 11.5 Å². The highest BCUT2D eigenvalue weighted by molar-refractivity contribution is 7.41. The van der Waals surface area contributed by atoms with Crippen molar-refractivity contribution in [2.75, 3.05) is 0 Å². The van der Waals surface area contributed by atoms with Gasteiger partial charge in [-0.25, -0.2) is 0 Å². The zero-order chi connectivity index (χ0) is 15.5. The molecule has 0 saturated carbocycles. The Morgan fingerprint density at radius 3 is 1.36 bits per heavy atom. The number of pyridine rings is 1. The minimum atomic E-state index is -1.93. The van der Waals surface area contributed by atoms with E-state index in [1.165, 1.54) is 0 Å². The van der Waals surface area contributed by atoms with Gasteiger partial charge >= 0.3 is 8.60 Å². The number of benzene rings is 2. The molecule has 0 amide bonds. The fourth-order valence-corrected chi connectivity index (χ4v) is 2.12. The minimum absolute atomic E-state index is 0.590. The van der Waals surface area contributed by atoms with Crippen molar-refractivity contribution in [1.29, 1.82) is 0 Å². The highest BCUT2D eigenvalue weighted by atomic mass is 31.2. The van der Waals surface area contributed by atoms with Gasteiger partial charge in [0.25, 0.3) is 0 Å². The Hall–Kier alpha value is -2.42. The van der Waals surface area contributed by atoms with Crippen LogP contribution in [0.4, 0.5) is 0 Å². The van der Waals surface area contributed by atoms with E-state index in [4.69, 9.17) is 9.05 Å². The first-order chi connectivity index (χ1) is 10.8. The predicted molar refractivity (Wildman–Crippen MR) is 87.5 cm³/mol. The van der Waals surface area contributed by atoms with Gasteiger partial charge in [-0.05, 0) is 36.4 Å². The molecule has 4 nitrogen and oxygen atoms in total. The van der Waals surface area contributed by atoms with Crippen molar-refractivity contribution < 1.29 is 13.9 Å². The van der Waals surface area contributed by atoms with Crippen LogP contribution in [-0.4, -0.2) is 9.88 Å². The lowest BCUT2D eigenvalue weighted by Gasteiger charge is -2.11. The molecular formula is C17H16NO3P. The smallest absolute Gasteiger partial charge is 0.418 e. The van der Waals surface area contributed by atoms with Crippen LogP contribution >= 0.6 is 8.60 Å². The maximum Gasteiger partial charge on any atom is 0.460 e. The van der Waals surface area contributed by atoms with Crippen LogP contribution in [0.15, 0.2) is 91.3 Å². The van der Waals surface area contributed by atoms with E-state index in [2.05, 4.69) is 4.98 Å². The molecule has 0 atom stereocenters. The Kier molecular flexibility index (Phi) is 6.89. The first-order valence-electron chi connectivity index (χ1n) is 6.64. The van der Waals surface area contributed by atoms with Gasteiger partial charge in [0, 0.05) is 12.4 Å². The number of hydrogen-bond acceptors (Lipinski definition) is 4. The SMILES string of the molecule is OP(Oc1ccccc1)Oc1ccccc1.c1ccncc1. The van der Waals surface area contributed by atoms with Crippen LogP contribution in [-0.2, 0) is 0 Å². The Morgan fingerprint density at radius 2 is 1.05 bits per heavy atom. The molecule has 2 aromatic carbocycles. The van der Waals surface area contributed by atoms with Gasteiger partial charge in [-0.3, -0.25) is 4.98 Å². The van der Waals surface area contributed by atoms with Crippen molar-refractivity contribution in [3.05, 3.63) is 91.3 Å². The third-order valence-electron chi connectivity index (χ3n) is 2.42. The zero-order valence-electron chi connectivity index (χ0n) is 11.8. The topological polar surface area (TPSA) is 51.6 Å². The molecule has 5 heteroatoms. The highest BCUT2D eigenvalue weighted by Gasteiger charge is 2.10. The molecule has 0 unspecified atom stereocenters. The largest absolute Gasteiger partial charge is 0.460 e. The molecule has 112 valence electrons. The first-order valence-corrected chi connectivity index (χ1v) is 7.77. The molecule has 0 fully saturated rings. The molecule has 22 heavy (non-hydrogen) atoms. The molecule has 0 saturated heterocycles. The van der Waals surface area contributed by atoms with Crippen LogP contribution < -0.4 is 9.05 Å². The van der Waals surface area contributed by atoms with Gasteiger partial charge in [0.15, 0.2) is 0 Å². The molecule has 0 bridgehead atoms. The highest BCUT2D eigenvalue weighted by Crippen LogP contribution is 2.35. The summed E-state index contributed by atoms with van der Waals surface area (Å²) in [7, 11) is -1.93. The fourth-order valence-electron chi connectivity index (χ4n) is 1.47. The molecule has 1 heterocycles. The van der Waals surface area contributed by atoms with E-state index in [-0.39, 0.29) is 0 Å². The van der Waals surface area contributed by atoms with Gasteiger partial charge in [-0.2, -0.15) is 0 Å². The average Bonchev–Trinajstić information content (AvgIpc) is 2.59. The summed E-state index contributed by atoms with van der Waals surface area (Å²) in [5, 5.41) is 0. The van der Waals surface area contributed by atoms with Gasteiger partial charge in [0.2, 0.25) is 0 Å². The summed E-state index contributed by atoms with van der Waals surface area (Å²) in [5.41, 5.74) is 0. The Labute approximate surface area is 131 Å². The van der Waals surface area contributed by atoms with E-state index in [0.29, 0.717) is 11.5 Å². The number of rotatable bonds is 4. The number of hydrogen-bond donors (Lipinski definition) is 1. The van der Waals surface area contributed by atoms with Crippen molar-refractivity contribution >= 4 is 8.60 Å². The molecule has 1 N–H and O–H groups in total. The van der Waals surface area contributed by atoms with E-state index in [9.17, 15) is 4.89 Å². The maximum atomic E-state index is 9.58. The zero-order valence-corrected chi connectivity index (χ0v) is 12.7. The summed E-state index contributed by atoms with van der Waals surface area (Å²) < 4.78 is 10.4. The van der Waals surface area contributed by atoms with Crippen LogP contribution in [0.25, 0.3) is 0 Å². The summed E-state index contributed by atoms with van der Waals surface area (Å²) in [6.07, 6.45) is 3.50.